The Morgan fingerprint density at radius 2 is 1.02 bits per heavy atom. The number of rotatable bonds is 39. The molecular weight excluding hydrogens is 721 g/mol. The van der Waals surface area contributed by atoms with Gasteiger partial charge in [-0.15, -0.1) is 0 Å². The Balaban J connectivity index is 4.42. The minimum absolute atomic E-state index is 0.139. The molecule has 0 saturated heterocycles. The number of carbonyl (C=O) groups excluding carboxylic acids is 2. The highest BCUT2D eigenvalue weighted by molar-refractivity contribution is 7.47. The summed E-state index contributed by atoms with van der Waals surface area (Å²) >= 11 is 0. The number of carbonyl (C=O) groups is 3. The van der Waals surface area contributed by atoms with Gasteiger partial charge in [0.05, 0.1) is 13.2 Å². The first kappa shape index (κ1) is 52.4. The Kier molecular flexibility index (Phi) is 36.5. The number of phosphoric acid groups is 1. The van der Waals surface area contributed by atoms with Crippen LogP contribution in [0.4, 0.5) is 0 Å². The summed E-state index contributed by atoms with van der Waals surface area (Å²) in [6.07, 6.45) is 41.7. The van der Waals surface area contributed by atoms with Crippen molar-refractivity contribution >= 4 is 25.7 Å². The van der Waals surface area contributed by atoms with E-state index in [1.54, 1.807) is 0 Å². The molecule has 0 bridgehead atoms. The van der Waals surface area contributed by atoms with E-state index in [0.29, 0.717) is 12.8 Å². The highest BCUT2D eigenvalue weighted by Gasteiger charge is 2.28. The lowest BCUT2D eigenvalue weighted by Gasteiger charge is -2.20. The summed E-state index contributed by atoms with van der Waals surface area (Å²) in [4.78, 5) is 45.9. The van der Waals surface area contributed by atoms with Gasteiger partial charge >= 0.3 is 25.7 Å². The number of carboxylic acid groups (broad SMARTS) is 1. The van der Waals surface area contributed by atoms with E-state index in [-0.39, 0.29) is 19.4 Å². The normalized spacial score (nSPS) is 14.3. The van der Waals surface area contributed by atoms with Crippen LogP contribution in [0.15, 0.2) is 48.6 Å². The second-order valence-corrected chi connectivity index (χ2v) is 15.5. The Bertz CT molecular complexity index is 1120. The second-order valence-electron chi connectivity index (χ2n) is 14.1. The van der Waals surface area contributed by atoms with Crippen molar-refractivity contribution in [1.29, 1.82) is 0 Å². The van der Waals surface area contributed by atoms with E-state index in [2.05, 4.69) is 67.0 Å². The summed E-state index contributed by atoms with van der Waals surface area (Å²) in [5, 5.41) is 8.88. The molecule has 0 aliphatic rings. The molecule has 12 heteroatoms. The van der Waals surface area contributed by atoms with Gasteiger partial charge in [-0.2, -0.15) is 0 Å². The minimum Gasteiger partial charge on any atom is -0.480 e. The predicted molar refractivity (Wildman–Crippen MR) is 222 cm³/mol. The third kappa shape index (κ3) is 38.1. The van der Waals surface area contributed by atoms with Gasteiger partial charge < -0.3 is 25.2 Å². The van der Waals surface area contributed by atoms with E-state index in [4.69, 9.17) is 24.8 Å². The molecule has 0 fully saturated rings. The summed E-state index contributed by atoms with van der Waals surface area (Å²) in [6, 6.07) is -1.53. The Labute approximate surface area is 333 Å². The van der Waals surface area contributed by atoms with Gasteiger partial charge in [-0.3, -0.25) is 23.4 Å². The van der Waals surface area contributed by atoms with Crippen LogP contribution >= 0.6 is 7.82 Å². The molecule has 3 atom stereocenters. The van der Waals surface area contributed by atoms with Gasteiger partial charge in [-0.25, -0.2) is 4.57 Å². The lowest BCUT2D eigenvalue weighted by molar-refractivity contribution is -0.161. The molecule has 318 valence electrons. The van der Waals surface area contributed by atoms with Crippen molar-refractivity contribution < 1.29 is 47.5 Å². The molecular formula is C43H76NO10P. The number of esters is 2. The number of ether oxygens (including phenoxy) is 2. The smallest absolute Gasteiger partial charge is 0.472 e. The first-order chi connectivity index (χ1) is 26.6. The van der Waals surface area contributed by atoms with E-state index in [1.807, 2.05) is 0 Å². The third-order valence-corrected chi connectivity index (χ3v) is 9.76. The van der Waals surface area contributed by atoms with Crippen molar-refractivity contribution in [2.45, 2.75) is 187 Å². The molecule has 0 rings (SSSR count). The summed E-state index contributed by atoms with van der Waals surface area (Å²) in [5.41, 5.74) is 5.33. The largest absolute Gasteiger partial charge is 0.480 e. The molecule has 3 unspecified atom stereocenters. The topological polar surface area (TPSA) is 172 Å². The molecule has 0 spiro atoms. The van der Waals surface area contributed by atoms with Gasteiger partial charge in [-0.1, -0.05) is 140 Å². The number of phosphoric ester groups is 1. The van der Waals surface area contributed by atoms with Crippen molar-refractivity contribution in [2.75, 3.05) is 19.8 Å². The van der Waals surface area contributed by atoms with E-state index in [0.717, 1.165) is 89.9 Å². The fourth-order valence-electron chi connectivity index (χ4n) is 5.48. The van der Waals surface area contributed by atoms with Crippen molar-refractivity contribution in [1.82, 2.24) is 0 Å². The highest BCUT2D eigenvalue weighted by Crippen LogP contribution is 2.43. The van der Waals surface area contributed by atoms with Crippen LogP contribution in [-0.4, -0.2) is 59.9 Å². The van der Waals surface area contributed by atoms with Crippen LogP contribution in [0.3, 0.4) is 0 Å². The van der Waals surface area contributed by atoms with Gasteiger partial charge in [0.1, 0.15) is 12.6 Å². The molecule has 0 radical (unpaired) electrons. The molecule has 0 saturated carbocycles. The predicted octanol–water partition coefficient (Wildman–Crippen LogP) is 11.0. The third-order valence-electron chi connectivity index (χ3n) is 8.81. The number of unbranched alkanes of at least 4 members (excludes halogenated alkanes) is 17. The summed E-state index contributed by atoms with van der Waals surface area (Å²) in [5.74, 6) is -2.41. The summed E-state index contributed by atoms with van der Waals surface area (Å²) in [7, 11) is -4.72. The van der Waals surface area contributed by atoms with Crippen molar-refractivity contribution in [2.24, 2.45) is 5.73 Å². The molecule has 0 aromatic carbocycles. The average molecular weight is 798 g/mol. The summed E-state index contributed by atoms with van der Waals surface area (Å²) < 4.78 is 32.6. The van der Waals surface area contributed by atoms with Crippen LogP contribution in [0.2, 0.25) is 0 Å². The molecule has 0 aromatic rings. The highest BCUT2D eigenvalue weighted by atomic mass is 31.2. The zero-order valence-electron chi connectivity index (χ0n) is 34.3. The quantitative estimate of drug-likeness (QED) is 0.0234. The van der Waals surface area contributed by atoms with Crippen LogP contribution in [0.5, 0.6) is 0 Å². The number of hydrogen-bond acceptors (Lipinski definition) is 9. The number of allylic oxidation sites excluding steroid dienone is 8. The second kappa shape index (κ2) is 38.3. The molecule has 0 aliphatic heterocycles. The maximum absolute atomic E-state index is 12.6. The maximum Gasteiger partial charge on any atom is 0.472 e. The lowest BCUT2D eigenvalue weighted by atomic mass is 10.1. The van der Waals surface area contributed by atoms with E-state index < -0.39 is 51.1 Å². The summed E-state index contributed by atoms with van der Waals surface area (Å²) in [6.45, 7) is 2.65. The van der Waals surface area contributed by atoms with Crippen LogP contribution in [0.1, 0.15) is 174 Å². The van der Waals surface area contributed by atoms with Gasteiger partial charge in [-0.05, 0) is 70.6 Å². The van der Waals surface area contributed by atoms with Crippen LogP contribution < -0.4 is 5.73 Å². The molecule has 0 heterocycles. The van der Waals surface area contributed by atoms with Crippen molar-refractivity contribution in [3.8, 4) is 0 Å². The average Bonchev–Trinajstić information content (AvgIpc) is 3.16. The maximum atomic E-state index is 12.6. The van der Waals surface area contributed by atoms with E-state index in [1.165, 1.54) is 44.9 Å². The van der Waals surface area contributed by atoms with Gasteiger partial charge in [0.15, 0.2) is 6.10 Å². The van der Waals surface area contributed by atoms with Crippen molar-refractivity contribution in [3.05, 3.63) is 48.6 Å². The molecule has 0 amide bonds. The monoisotopic (exact) mass is 798 g/mol. The fraction of sp³-hybridized carbons (Fsp3) is 0.744. The molecule has 11 nitrogen and oxygen atoms in total. The van der Waals surface area contributed by atoms with Crippen molar-refractivity contribution in [3.63, 3.8) is 0 Å². The zero-order valence-corrected chi connectivity index (χ0v) is 35.2. The first-order valence-corrected chi connectivity index (χ1v) is 22.7. The zero-order chi connectivity index (χ0) is 40.7. The van der Waals surface area contributed by atoms with Crippen LogP contribution in [0.25, 0.3) is 0 Å². The number of aliphatic carboxylic acids is 1. The SMILES string of the molecule is CC/C=C\C/C=C\C/C=C\CCCCCCCC(=O)OC(COC(=O)CCCCCCC/C=C\CCCCCCCCC)COP(=O)(O)OCC(N)C(=O)O. The number of carboxylic acids is 1. The first-order valence-electron chi connectivity index (χ1n) is 21.2. The minimum atomic E-state index is -4.72. The van der Waals surface area contributed by atoms with Gasteiger partial charge in [0.2, 0.25) is 0 Å². The van der Waals surface area contributed by atoms with Gasteiger partial charge in [0, 0.05) is 12.8 Å². The fourth-order valence-corrected chi connectivity index (χ4v) is 6.26. The number of hydrogen-bond donors (Lipinski definition) is 3. The molecule has 4 N–H and O–H groups in total. The van der Waals surface area contributed by atoms with E-state index >= 15 is 0 Å². The van der Waals surface area contributed by atoms with Crippen LogP contribution in [0, 0.1) is 0 Å². The van der Waals surface area contributed by atoms with Gasteiger partial charge in [0.25, 0.3) is 0 Å². The lowest BCUT2D eigenvalue weighted by Crippen LogP contribution is -2.34. The molecule has 0 aromatic heterocycles. The van der Waals surface area contributed by atoms with E-state index in [9.17, 15) is 23.8 Å². The molecule has 0 aliphatic carbocycles. The number of nitrogens with two attached hydrogens (primary N) is 1. The Morgan fingerprint density at radius 1 is 0.582 bits per heavy atom. The molecule has 55 heavy (non-hydrogen) atoms. The Morgan fingerprint density at radius 3 is 1.55 bits per heavy atom. The standard InChI is InChI=1S/C43H76NO10P/c1-3-5-7-9-11-13-15-17-19-21-22-24-26-28-30-32-34-41(45)51-36-39(37-52-55(49,50)53-38-40(44)43(47)48)54-42(46)35-33-31-29-27-25-23-20-18-16-14-12-10-8-6-4-2/h6,8,12,14,18-21,39-40H,3-5,7,9-11,13,15-17,22-38,44H2,1-2H3,(H,47,48)(H,49,50)/b8-6-,14-12-,20-18-,21-19-. The Hall–Kier alpha value is -2.56. The van der Waals surface area contributed by atoms with Crippen LogP contribution in [-0.2, 0) is 37.5 Å².